The van der Waals surface area contributed by atoms with Gasteiger partial charge in [-0.3, -0.25) is 0 Å². The molecule has 0 radical (unpaired) electrons. The minimum absolute atomic E-state index is 0.241. The van der Waals surface area contributed by atoms with Crippen molar-refractivity contribution in [3.63, 3.8) is 0 Å². The number of halogens is 1. The lowest BCUT2D eigenvalue weighted by Crippen LogP contribution is -2.44. The van der Waals surface area contributed by atoms with Crippen molar-refractivity contribution in [3.05, 3.63) is 71.5 Å². The molecule has 0 bridgehead atoms. The zero-order chi connectivity index (χ0) is 20.5. The van der Waals surface area contributed by atoms with E-state index in [0.717, 1.165) is 49.2 Å². The maximum Gasteiger partial charge on any atom is 0.223 e. The largest absolute Gasteiger partial charge is 0.242 e. The van der Waals surface area contributed by atoms with Gasteiger partial charge in [-0.15, -0.1) is 0 Å². The second-order valence-corrected chi connectivity index (χ2v) is 8.15. The minimum Gasteiger partial charge on any atom is -0.242 e. The fourth-order valence-corrected chi connectivity index (χ4v) is 4.54. The van der Waals surface area contributed by atoms with E-state index in [2.05, 4.69) is 79.5 Å². The van der Waals surface area contributed by atoms with Gasteiger partial charge in [-0.1, -0.05) is 42.5 Å². The minimum atomic E-state index is 0.241. The lowest BCUT2D eigenvalue weighted by atomic mass is 9.93. The fourth-order valence-electron chi connectivity index (χ4n) is 4.41. The molecule has 0 aliphatic carbocycles. The molecule has 30 heavy (non-hydrogen) atoms. The summed E-state index contributed by atoms with van der Waals surface area (Å²) in [6, 6.07) is 15.1. The van der Waals surface area contributed by atoms with E-state index in [0.29, 0.717) is 5.92 Å². The Hall–Kier alpha value is -2.67. The predicted octanol–water partition coefficient (Wildman–Crippen LogP) is 4.45. The molecule has 0 atom stereocenters. The van der Waals surface area contributed by atoms with Crippen LogP contribution < -0.4 is 0 Å². The fraction of sp³-hybridized carbons (Fsp3) is 0.304. The quantitative estimate of drug-likeness (QED) is 0.456. The van der Waals surface area contributed by atoms with Crippen molar-refractivity contribution in [3.8, 4) is 0 Å². The Morgan fingerprint density at radius 3 is 2.70 bits per heavy atom. The molecule has 3 heterocycles. The number of benzene rings is 2. The maximum absolute atomic E-state index is 6.02. The highest BCUT2D eigenvalue weighted by Crippen LogP contribution is 2.31. The summed E-state index contributed by atoms with van der Waals surface area (Å²) in [4.78, 5) is 17.3. The molecule has 152 valence electrons. The van der Waals surface area contributed by atoms with Crippen LogP contribution in [0.3, 0.4) is 0 Å². The highest BCUT2D eigenvalue weighted by atomic mass is 35.5. The summed E-state index contributed by atoms with van der Waals surface area (Å²) in [6.07, 6.45) is 5.32. The van der Waals surface area contributed by atoms with Crippen LogP contribution in [0.1, 0.15) is 30.0 Å². The number of piperidine rings is 1. The van der Waals surface area contributed by atoms with Crippen molar-refractivity contribution in [2.24, 2.45) is 0 Å². The molecule has 1 aliphatic rings. The van der Waals surface area contributed by atoms with Crippen LogP contribution in [0.5, 0.6) is 0 Å². The number of rotatable bonds is 4. The molecule has 5 rings (SSSR count). The first-order valence-corrected chi connectivity index (χ1v) is 10.6. The van der Waals surface area contributed by atoms with Crippen LogP contribution in [0, 0.1) is 0 Å². The highest BCUT2D eigenvalue weighted by Gasteiger charge is 2.26. The summed E-state index contributed by atoms with van der Waals surface area (Å²) in [5, 5.41) is 7.63. The van der Waals surface area contributed by atoms with Crippen LogP contribution in [0.2, 0.25) is 5.28 Å². The van der Waals surface area contributed by atoms with E-state index in [1.54, 1.807) is 12.5 Å². The summed E-state index contributed by atoms with van der Waals surface area (Å²) in [6.45, 7) is 2.86. The summed E-state index contributed by atoms with van der Waals surface area (Å²) in [5.41, 5.74) is 3.87. The van der Waals surface area contributed by atoms with Crippen LogP contribution in [-0.4, -0.2) is 50.1 Å². The van der Waals surface area contributed by atoms with Gasteiger partial charge >= 0.3 is 0 Å². The zero-order valence-corrected chi connectivity index (χ0v) is 17.6. The number of fused-ring (bicyclic) bond motifs is 2. The molecule has 0 N–H and O–H groups in total. The number of aromatic nitrogens is 4. The first-order chi connectivity index (χ1) is 14.7. The number of hydrogen-bond acceptors (Lipinski definition) is 6. The van der Waals surface area contributed by atoms with E-state index < -0.39 is 0 Å². The first kappa shape index (κ1) is 19.3. The topological polar surface area (TPSA) is 58.0 Å². The van der Waals surface area contributed by atoms with Crippen LogP contribution in [0.4, 0.5) is 0 Å². The second kappa shape index (κ2) is 8.22. The predicted molar refractivity (Wildman–Crippen MR) is 119 cm³/mol. The molecule has 4 aromatic rings. The van der Waals surface area contributed by atoms with E-state index in [1.165, 1.54) is 16.3 Å². The molecule has 0 unspecified atom stereocenters. The number of nitrogens with zero attached hydrogens (tertiary/aromatic N) is 6. The van der Waals surface area contributed by atoms with E-state index in [-0.39, 0.29) is 5.28 Å². The number of hydrogen-bond donors (Lipinski definition) is 0. The molecule has 7 heteroatoms. The Morgan fingerprint density at radius 1 is 1.03 bits per heavy atom. The van der Waals surface area contributed by atoms with Crippen molar-refractivity contribution in [2.45, 2.75) is 25.3 Å². The van der Waals surface area contributed by atoms with Gasteiger partial charge in [0, 0.05) is 32.6 Å². The van der Waals surface area contributed by atoms with Gasteiger partial charge in [-0.05, 0) is 40.8 Å². The van der Waals surface area contributed by atoms with Crippen molar-refractivity contribution in [1.82, 2.24) is 30.0 Å². The lowest BCUT2D eigenvalue weighted by molar-refractivity contribution is -0.0275. The molecule has 1 aliphatic heterocycles. The molecule has 0 spiro atoms. The SMILES string of the molecule is CN(Cc1cccc2ccccc12)N1CCC(c2ncnc3cnc(Cl)nc23)CC1. The van der Waals surface area contributed by atoms with Gasteiger partial charge in [0.15, 0.2) is 0 Å². The van der Waals surface area contributed by atoms with E-state index in [4.69, 9.17) is 11.6 Å². The third-order valence-electron chi connectivity index (χ3n) is 6.00. The molecule has 6 nitrogen and oxygen atoms in total. The molecule has 2 aromatic carbocycles. The maximum atomic E-state index is 6.02. The third kappa shape index (κ3) is 3.74. The van der Waals surface area contributed by atoms with E-state index >= 15 is 0 Å². The van der Waals surface area contributed by atoms with Gasteiger partial charge < -0.3 is 0 Å². The molecule has 1 saturated heterocycles. The summed E-state index contributed by atoms with van der Waals surface area (Å²) in [7, 11) is 2.18. The Morgan fingerprint density at radius 2 is 1.83 bits per heavy atom. The van der Waals surface area contributed by atoms with Crippen molar-refractivity contribution in [2.75, 3.05) is 20.1 Å². The smallest absolute Gasteiger partial charge is 0.223 e. The van der Waals surface area contributed by atoms with Crippen LogP contribution in [-0.2, 0) is 6.54 Å². The van der Waals surface area contributed by atoms with E-state index in [9.17, 15) is 0 Å². The normalized spacial score (nSPS) is 16.0. The Bertz CT molecular complexity index is 1180. The van der Waals surface area contributed by atoms with Gasteiger partial charge in [0.25, 0.3) is 0 Å². The second-order valence-electron chi connectivity index (χ2n) is 7.81. The monoisotopic (exact) mass is 418 g/mol. The Labute approximate surface area is 180 Å². The third-order valence-corrected chi connectivity index (χ3v) is 6.18. The van der Waals surface area contributed by atoms with E-state index in [1.807, 2.05) is 0 Å². The highest BCUT2D eigenvalue weighted by molar-refractivity contribution is 6.28. The zero-order valence-electron chi connectivity index (χ0n) is 16.9. The van der Waals surface area contributed by atoms with Crippen molar-refractivity contribution in [1.29, 1.82) is 0 Å². The molecule has 0 amide bonds. The van der Waals surface area contributed by atoms with Crippen LogP contribution in [0.15, 0.2) is 55.0 Å². The molecule has 1 fully saturated rings. The Kier molecular flexibility index (Phi) is 5.29. The lowest BCUT2D eigenvalue weighted by Gasteiger charge is -2.38. The average Bonchev–Trinajstić information content (AvgIpc) is 2.79. The Balaban J connectivity index is 1.30. The summed E-state index contributed by atoms with van der Waals surface area (Å²) < 4.78 is 0. The molecule has 0 saturated carbocycles. The van der Waals surface area contributed by atoms with Gasteiger partial charge in [-0.2, -0.15) is 0 Å². The van der Waals surface area contributed by atoms with Gasteiger partial charge in [0.05, 0.1) is 11.9 Å². The van der Waals surface area contributed by atoms with Crippen molar-refractivity contribution >= 4 is 33.4 Å². The number of hydrazine groups is 1. The van der Waals surface area contributed by atoms with Gasteiger partial charge in [0.2, 0.25) is 5.28 Å². The van der Waals surface area contributed by atoms with Crippen molar-refractivity contribution < 1.29 is 0 Å². The van der Waals surface area contributed by atoms with Crippen LogP contribution >= 0.6 is 11.6 Å². The summed E-state index contributed by atoms with van der Waals surface area (Å²) in [5.74, 6) is 0.351. The molecule has 2 aromatic heterocycles. The average molecular weight is 419 g/mol. The molecular formula is C23H23ClN6. The standard InChI is InChI=1S/C23H23ClN6/c1-29(14-18-7-4-6-16-5-2-3-8-19(16)18)30-11-9-17(10-12-30)21-22-20(26-15-27-21)13-25-23(24)28-22/h2-8,13,15,17H,9-12,14H2,1H3. The van der Waals surface area contributed by atoms with Crippen LogP contribution in [0.25, 0.3) is 21.8 Å². The van der Waals surface area contributed by atoms with Gasteiger partial charge in [-0.25, -0.2) is 30.0 Å². The molecular weight excluding hydrogens is 396 g/mol. The summed E-state index contributed by atoms with van der Waals surface area (Å²) >= 11 is 6.02. The first-order valence-electron chi connectivity index (χ1n) is 10.2. The van der Waals surface area contributed by atoms with Gasteiger partial charge in [0.1, 0.15) is 17.4 Å².